The number of imidazole rings is 1. The van der Waals surface area contributed by atoms with Crippen molar-refractivity contribution in [3.05, 3.63) is 47.0 Å². The molecule has 0 aliphatic rings. The fourth-order valence-electron chi connectivity index (χ4n) is 1.62. The predicted octanol–water partition coefficient (Wildman–Crippen LogP) is 3.01. The van der Waals surface area contributed by atoms with E-state index in [1.54, 1.807) is 24.4 Å². The summed E-state index contributed by atoms with van der Waals surface area (Å²) in [6.45, 7) is 3.18. The van der Waals surface area contributed by atoms with Gasteiger partial charge < -0.3 is 9.30 Å². The zero-order valence-electron chi connectivity index (χ0n) is 9.93. The van der Waals surface area contributed by atoms with E-state index < -0.39 is 0 Å². The molecule has 2 aromatic rings. The summed E-state index contributed by atoms with van der Waals surface area (Å²) < 4.78 is 7.59. The average molecular weight is 262 g/mol. The molecule has 2 rings (SSSR count). The van der Waals surface area contributed by atoms with Crippen molar-refractivity contribution in [2.75, 3.05) is 0 Å². The first-order valence-corrected chi connectivity index (χ1v) is 5.95. The van der Waals surface area contributed by atoms with Gasteiger partial charge in [0.1, 0.15) is 24.3 Å². The maximum Gasteiger partial charge on any atom is 0.146 e. The topological polar surface area (TPSA) is 50.8 Å². The van der Waals surface area contributed by atoms with E-state index in [1.165, 1.54) is 0 Å². The van der Waals surface area contributed by atoms with Crippen LogP contribution < -0.4 is 4.74 Å². The first-order valence-electron chi connectivity index (χ1n) is 5.57. The third kappa shape index (κ3) is 2.63. The van der Waals surface area contributed by atoms with Gasteiger partial charge in [0.15, 0.2) is 0 Å². The van der Waals surface area contributed by atoms with E-state index in [-0.39, 0.29) is 0 Å². The average Bonchev–Trinajstić information content (AvgIpc) is 2.84. The number of rotatable bonds is 4. The Balaban J connectivity index is 2.15. The minimum Gasteiger partial charge on any atom is -0.484 e. The molecule has 1 aromatic heterocycles. The molecule has 0 saturated heterocycles. The molecule has 0 aliphatic heterocycles. The lowest BCUT2D eigenvalue weighted by Gasteiger charge is -2.09. The molecule has 0 spiro atoms. The van der Waals surface area contributed by atoms with E-state index in [9.17, 15) is 0 Å². The van der Waals surface area contributed by atoms with Gasteiger partial charge in [0.05, 0.1) is 5.56 Å². The Hall–Kier alpha value is -1.99. The van der Waals surface area contributed by atoms with Crippen molar-refractivity contribution in [3.8, 4) is 11.8 Å². The van der Waals surface area contributed by atoms with E-state index in [1.807, 2.05) is 17.7 Å². The highest BCUT2D eigenvalue weighted by molar-refractivity contribution is 6.30. The summed E-state index contributed by atoms with van der Waals surface area (Å²) in [6.07, 6.45) is 3.62. The van der Waals surface area contributed by atoms with Crippen molar-refractivity contribution in [1.82, 2.24) is 9.55 Å². The summed E-state index contributed by atoms with van der Waals surface area (Å²) in [7, 11) is 0. The number of hydrogen-bond donors (Lipinski definition) is 0. The van der Waals surface area contributed by atoms with Gasteiger partial charge in [-0.05, 0) is 19.1 Å². The molecule has 0 saturated carbocycles. The van der Waals surface area contributed by atoms with Gasteiger partial charge in [-0.1, -0.05) is 11.6 Å². The van der Waals surface area contributed by atoms with Crippen LogP contribution in [-0.2, 0) is 13.2 Å². The molecule has 5 heteroatoms. The lowest BCUT2D eigenvalue weighted by molar-refractivity contribution is 0.289. The first kappa shape index (κ1) is 12.5. The van der Waals surface area contributed by atoms with E-state index in [4.69, 9.17) is 21.6 Å². The van der Waals surface area contributed by atoms with Crippen LogP contribution in [0.4, 0.5) is 0 Å². The summed E-state index contributed by atoms with van der Waals surface area (Å²) in [4.78, 5) is 4.20. The van der Waals surface area contributed by atoms with Crippen LogP contribution in [0, 0.1) is 11.3 Å². The van der Waals surface area contributed by atoms with Crippen LogP contribution in [0.3, 0.4) is 0 Å². The Morgan fingerprint density at radius 3 is 3.06 bits per heavy atom. The van der Waals surface area contributed by atoms with Crippen molar-refractivity contribution >= 4 is 11.6 Å². The molecule has 1 heterocycles. The minimum absolute atomic E-state index is 0.315. The van der Waals surface area contributed by atoms with Crippen LogP contribution in [0.2, 0.25) is 5.02 Å². The molecule has 0 atom stereocenters. The first-order chi connectivity index (χ1) is 8.74. The molecule has 4 nitrogen and oxygen atoms in total. The second-order valence-electron chi connectivity index (χ2n) is 3.67. The lowest BCUT2D eigenvalue weighted by Crippen LogP contribution is -2.06. The third-order valence-corrected chi connectivity index (χ3v) is 2.80. The smallest absolute Gasteiger partial charge is 0.146 e. The monoisotopic (exact) mass is 261 g/mol. The van der Waals surface area contributed by atoms with Crippen molar-refractivity contribution in [3.63, 3.8) is 0 Å². The number of aromatic nitrogens is 2. The largest absolute Gasteiger partial charge is 0.484 e. The van der Waals surface area contributed by atoms with Crippen molar-refractivity contribution < 1.29 is 4.74 Å². The molecule has 92 valence electrons. The molecule has 0 radical (unpaired) electrons. The Labute approximate surface area is 110 Å². The molecule has 0 unspecified atom stereocenters. The number of benzene rings is 1. The van der Waals surface area contributed by atoms with Crippen LogP contribution in [0.1, 0.15) is 18.3 Å². The van der Waals surface area contributed by atoms with Gasteiger partial charge in [-0.3, -0.25) is 0 Å². The highest BCUT2D eigenvalue weighted by Gasteiger charge is 2.07. The molecular weight excluding hydrogens is 250 g/mol. The van der Waals surface area contributed by atoms with E-state index in [0.717, 1.165) is 12.4 Å². The van der Waals surface area contributed by atoms with Crippen molar-refractivity contribution in [1.29, 1.82) is 5.26 Å². The van der Waals surface area contributed by atoms with Gasteiger partial charge in [0.2, 0.25) is 0 Å². The Bertz CT molecular complexity index is 586. The Morgan fingerprint density at radius 2 is 2.33 bits per heavy atom. The van der Waals surface area contributed by atoms with Crippen molar-refractivity contribution in [2.24, 2.45) is 0 Å². The number of aryl methyl sites for hydroxylation is 1. The normalized spacial score (nSPS) is 10.1. The van der Waals surface area contributed by atoms with E-state index in [0.29, 0.717) is 22.9 Å². The maximum absolute atomic E-state index is 8.97. The molecule has 0 fully saturated rings. The second-order valence-corrected chi connectivity index (χ2v) is 4.11. The zero-order valence-corrected chi connectivity index (χ0v) is 10.7. The summed E-state index contributed by atoms with van der Waals surface area (Å²) in [5, 5.41) is 9.52. The van der Waals surface area contributed by atoms with Crippen LogP contribution in [0.25, 0.3) is 0 Å². The summed E-state index contributed by atoms with van der Waals surface area (Å²) in [6, 6.07) is 7.02. The van der Waals surface area contributed by atoms with Gasteiger partial charge in [0, 0.05) is 30.0 Å². The minimum atomic E-state index is 0.315. The Kier molecular flexibility index (Phi) is 3.85. The molecule has 1 aromatic carbocycles. The number of nitrogens with zero attached hydrogens (tertiary/aromatic N) is 3. The van der Waals surface area contributed by atoms with Crippen LogP contribution in [-0.4, -0.2) is 9.55 Å². The fourth-order valence-corrected chi connectivity index (χ4v) is 1.78. The highest BCUT2D eigenvalue weighted by Crippen LogP contribution is 2.23. The maximum atomic E-state index is 8.97. The Morgan fingerprint density at radius 1 is 1.50 bits per heavy atom. The van der Waals surface area contributed by atoms with Gasteiger partial charge >= 0.3 is 0 Å². The van der Waals surface area contributed by atoms with Crippen LogP contribution in [0.15, 0.2) is 30.6 Å². The summed E-state index contributed by atoms with van der Waals surface area (Å²) in [5.74, 6) is 1.30. The summed E-state index contributed by atoms with van der Waals surface area (Å²) in [5.41, 5.74) is 0.467. The predicted molar refractivity (Wildman–Crippen MR) is 68.4 cm³/mol. The quantitative estimate of drug-likeness (QED) is 0.850. The standard InChI is InChI=1S/C13H12ClN3O/c1-2-17-6-5-16-13(17)9-18-12-7-11(14)4-3-10(12)8-15/h3-7H,2,9H2,1H3. The van der Waals surface area contributed by atoms with Crippen molar-refractivity contribution in [2.45, 2.75) is 20.1 Å². The van der Waals surface area contributed by atoms with Crippen LogP contribution in [0.5, 0.6) is 5.75 Å². The number of ether oxygens (including phenoxy) is 1. The van der Waals surface area contributed by atoms with Crippen LogP contribution >= 0.6 is 11.6 Å². The third-order valence-electron chi connectivity index (χ3n) is 2.56. The van der Waals surface area contributed by atoms with Gasteiger partial charge in [-0.2, -0.15) is 5.26 Å². The van der Waals surface area contributed by atoms with Gasteiger partial charge in [0.25, 0.3) is 0 Å². The molecule has 18 heavy (non-hydrogen) atoms. The lowest BCUT2D eigenvalue weighted by atomic mass is 10.2. The molecule has 0 amide bonds. The molecule has 0 N–H and O–H groups in total. The number of hydrogen-bond acceptors (Lipinski definition) is 3. The van der Waals surface area contributed by atoms with Gasteiger partial charge in [-0.25, -0.2) is 4.98 Å². The van der Waals surface area contributed by atoms with Gasteiger partial charge in [-0.15, -0.1) is 0 Å². The van der Waals surface area contributed by atoms with E-state index >= 15 is 0 Å². The second kappa shape index (κ2) is 5.56. The fraction of sp³-hybridized carbons (Fsp3) is 0.231. The summed E-state index contributed by atoms with van der Waals surface area (Å²) >= 11 is 5.88. The van der Waals surface area contributed by atoms with E-state index in [2.05, 4.69) is 11.1 Å². The molecular formula is C13H12ClN3O. The zero-order chi connectivity index (χ0) is 13.0. The molecule has 0 bridgehead atoms. The number of halogens is 1. The highest BCUT2D eigenvalue weighted by atomic mass is 35.5. The molecule has 0 aliphatic carbocycles. The SMILES string of the molecule is CCn1ccnc1COc1cc(Cl)ccc1C#N. The number of nitriles is 1.